The van der Waals surface area contributed by atoms with E-state index < -0.39 is 8.07 Å². The average Bonchev–Trinajstić information content (AvgIpc) is 3.72. The number of rotatable bonds is 9. The Labute approximate surface area is 457 Å². The summed E-state index contributed by atoms with van der Waals surface area (Å²) < 4.78 is 2.29. The summed E-state index contributed by atoms with van der Waals surface area (Å²) >= 11 is 0. The maximum absolute atomic E-state index is 12.6. The number of fused-ring (bicyclic) bond motifs is 1. The van der Waals surface area contributed by atoms with Gasteiger partial charge in [0.15, 0.2) is 0 Å². The molecule has 382 valence electrons. The minimum Gasteiger partial charge on any atom is -0.507 e. The molecule has 0 atom stereocenters. The molecule has 0 unspecified atom stereocenters. The molecule has 0 saturated heterocycles. The first-order valence-electron chi connectivity index (χ1n) is 26.1. The zero-order chi connectivity index (χ0) is 52.4. The van der Waals surface area contributed by atoms with E-state index in [0.717, 1.165) is 73.0 Å². The fourth-order valence-corrected chi connectivity index (χ4v) is 11.5. The van der Waals surface area contributed by atoms with E-state index in [1.54, 1.807) is 0 Å². The largest absolute Gasteiger partial charge is 0.507 e. The van der Waals surface area contributed by atoms with Gasteiger partial charge in [-0.1, -0.05) is 223 Å². The molecule has 0 amide bonds. The van der Waals surface area contributed by atoms with Crippen LogP contribution in [-0.2, 0) is 48.8 Å². The summed E-state index contributed by atoms with van der Waals surface area (Å²) in [5, 5.41) is 12.6. The van der Waals surface area contributed by atoms with Gasteiger partial charge in [0.05, 0.1) is 22.3 Å². The van der Waals surface area contributed by atoms with E-state index in [1.807, 2.05) is 6.20 Å². The van der Waals surface area contributed by atoms with E-state index in [4.69, 9.17) is 9.97 Å². The Balaban J connectivity index is 0.00000729. The molecule has 0 aliphatic carbocycles. The fraction of sp³-hybridized carbons (Fsp3) is 0.294. The van der Waals surface area contributed by atoms with Crippen molar-refractivity contribution in [1.82, 2.24) is 14.5 Å². The van der Waals surface area contributed by atoms with Crippen LogP contribution in [0.15, 0.2) is 158 Å². The van der Waals surface area contributed by atoms with Crippen molar-refractivity contribution < 1.29 is 26.2 Å². The number of aromatic nitrogens is 3. The molecule has 0 fully saturated rings. The van der Waals surface area contributed by atoms with Gasteiger partial charge in [-0.3, -0.25) is 9.55 Å². The molecular weight excluding hydrogens is 1100 g/mol. The number of aromatic hydroxyl groups is 1. The SMILES string of the molecule is CC(C)(C)c1cc(-c2cc(-c3ccc(-c4ccccc4)c(C[Si](C)(C)C)c3)ccn2)[c-]c(-c2cccc3c2nc(-c2cc(C(C)(C)C)cc(C(C)(C)C)c2O)n3-c2ccc(C(C)(C)C)cc2-c2ccccc2)c1.[Pt]. The van der Waals surface area contributed by atoms with E-state index in [1.165, 1.54) is 33.4 Å². The minimum atomic E-state index is -1.46. The molecule has 0 spiro atoms. The number of hydrogen-bond acceptors (Lipinski definition) is 3. The Morgan fingerprint density at radius 3 is 1.69 bits per heavy atom. The molecule has 9 rings (SSSR count). The topological polar surface area (TPSA) is 50.9 Å². The van der Waals surface area contributed by atoms with Gasteiger partial charge in [0.1, 0.15) is 11.6 Å². The molecule has 0 radical (unpaired) electrons. The Morgan fingerprint density at radius 1 is 0.500 bits per heavy atom. The molecule has 4 nitrogen and oxygen atoms in total. The van der Waals surface area contributed by atoms with Crippen molar-refractivity contribution >= 4 is 19.1 Å². The molecule has 74 heavy (non-hydrogen) atoms. The van der Waals surface area contributed by atoms with Gasteiger partial charge >= 0.3 is 0 Å². The van der Waals surface area contributed by atoms with E-state index in [0.29, 0.717) is 11.4 Å². The van der Waals surface area contributed by atoms with Crippen LogP contribution in [0.3, 0.4) is 0 Å². The van der Waals surface area contributed by atoms with Crippen LogP contribution in [0.5, 0.6) is 5.75 Å². The van der Waals surface area contributed by atoms with Gasteiger partial charge in [0.2, 0.25) is 0 Å². The van der Waals surface area contributed by atoms with Crippen LogP contribution < -0.4 is 0 Å². The Bertz CT molecular complexity index is 3500. The van der Waals surface area contributed by atoms with Gasteiger partial charge in [-0.05, 0) is 103 Å². The molecule has 2 aromatic heterocycles. The Hall–Kier alpha value is -6.13. The standard InChI is InChI=1S/C68H74N3OSi.Pt/c1-65(2,3)51-30-32-60(56(40-51)45-25-20-17-21-26-45)71-61-28-22-27-55(62(61)70-64(71)57-41-53(67(7,8)9)42-58(63(57)72)68(10,11)12)48-36-49(38-52(37-48)66(4,5)6)59-39-47(33-34-69-59)46-29-31-54(44-23-18-16-19-24-44)50(35-46)43-73(13,14)15;/h16-35,37-42,72H,43H2,1-15H3;/q-1;. The molecular formula is C68H74N3OPtSi-. The fourth-order valence-electron chi connectivity index (χ4n) is 10.0. The van der Waals surface area contributed by atoms with Crippen molar-refractivity contribution in [3.05, 3.63) is 192 Å². The molecule has 0 saturated carbocycles. The quantitative estimate of drug-likeness (QED) is 0.116. The van der Waals surface area contributed by atoms with E-state index >= 15 is 0 Å². The molecule has 6 heteroatoms. The first kappa shape index (κ1) is 54.1. The molecule has 0 aliphatic rings. The van der Waals surface area contributed by atoms with Crippen molar-refractivity contribution in [3.63, 3.8) is 0 Å². The monoisotopic (exact) mass is 1170 g/mol. The van der Waals surface area contributed by atoms with Gasteiger partial charge < -0.3 is 5.11 Å². The van der Waals surface area contributed by atoms with Crippen molar-refractivity contribution in [1.29, 1.82) is 0 Å². The minimum absolute atomic E-state index is 0. The maximum Gasteiger partial charge on any atom is 0.148 e. The number of para-hydroxylation sites is 1. The van der Waals surface area contributed by atoms with Crippen LogP contribution in [0.2, 0.25) is 19.6 Å². The predicted molar refractivity (Wildman–Crippen MR) is 314 cm³/mol. The van der Waals surface area contributed by atoms with Crippen LogP contribution in [-0.4, -0.2) is 27.7 Å². The molecule has 9 aromatic rings. The first-order valence-corrected chi connectivity index (χ1v) is 29.8. The van der Waals surface area contributed by atoms with Gasteiger partial charge in [0, 0.05) is 52.2 Å². The van der Waals surface area contributed by atoms with E-state index in [9.17, 15) is 5.11 Å². The van der Waals surface area contributed by atoms with Crippen molar-refractivity contribution in [2.45, 2.75) is 130 Å². The summed E-state index contributed by atoms with van der Waals surface area (Å²) in [5.41, 5.74) is 19.3. The van der Waals surface area contributed by atoms with Crippen LogP contribution in [0.25, 0.3) is 83.9 Å². The summed E-state index contributed by atoms with van der Waals surface area (Å²) in [4.78, 5) is 10.8. The molecule has 2 heterocycles. The Morgan fingerprint density at radius 2 is 1.08 bits per heavy atom. The smallest absolute Gasteiger partial charge is 0.148 e. The van der Waals surface area contributed by atoms with Gasteiger partial charge in [0.25, 0.3) is 0 Å². The maximum atomic E-state index is 12.6. The molecule has 1 N–H and O–H groups in total. The Kier molecular flexibility index (Phi) is 14.8. The third-order valence-corrected chi connectivity index (χ3v) is 15.6. The second-order valence-corrected chi connectivity index (χ2v) is 31.0. The van der Waals surface area contributed by atoms with E-state index in [2.05, 4.69) is 265 Å². The molecule has 0 aliphatic heterocycles. The van der Waals surface area contributed by atoms with Crippen molar-refractivity contribution in [2.75, 3.05) is 0 Å². The van der Waals surface area contributed by atoms with Gasteiger partial charge in [-0.15, -0.1) is 29.3 Å². The zero-order valence-electron chi connectivity index (χ0n) is 46.3. The predicted octanol–water partition coefficient (Wildman–Crippen LogP) is 18.5. The molecule has 0 bridgehead atoms. The first-order chi connectivity index (χ1) is 34.2. The van der Waals surface area contributed by atoms with Crippen molar-refractivity contribution in [3.8, 4) is 78.6 Å². The second kappa shape index (κ2) is 20.2. The van der Waals surface area contributed by atoms with Crippen LogP contribution in [0, 0.1) is 6.07 Å². The molecule has 7 aromatic carbocycles. The number of phenolic OH excluding ortho intramolecular Hbond substituents is 1. The van der Waals surface area contributed by atoms with Gasteiger partial charge in [-0.25, -0.2) is 4.98 Å². The van der Waals surface area contributed by atoms with Crippen LogP contribution in [0.4, 0.5) is 0 Å². The number of pyridine rings is 1. The average molecular weight is 1170 g/mol. The van der Waals surface area contributed by atoms with E-state index in [-0.39, 0.29) is 48.5 Å². The summed E-state index contributed by atoms with van der Waals surface area (Å²) in [5.74, 6) is 0.939. The summed E-state index contributed by atoms with van der Waals surface area (Å²) in [6.07, 6.45) is 1.94. The summed E-state index contributed by atoms with van der Waals surface area (Å²) in [6, 6.07) is 60.1. The normalized spacial score (nSPS) is 12.5. The zero-order valence-corrected chi connectivity index (χ0v) is 49.6. The number of phenols is 1. The summed E-state index contributed by atoms with van der Waals surface area (Å²) in [6.45, 7) is 34.2. The van der Waals surface area contributed by atoms with Crippen molar-refractivity contribution in [2.24, 2.45) is 0 Å². The number of imidazole rings is 1. The second-order valence-electron chi connectivity index (χ2n) is 25.6. The number of hydrogen-bond donors (Lipinski definition) is 1. The van der Waals surface area contributed by atoms with Crippen LogP contribution >= 0.6 is 0 Å². The third kappa shape index (κ3) is 11.3. The third-order valence-electron chi connectivity index (χ3n) is 14.2. The van der Waals surface area contributed by atoms with Crippen LogP contribution in [0.1, 0.15) is 111 Å². The summed E-state index contributed by atoms with van der Waals surface area (Å²) in [7, 11) is -1.46. The van der Waals surface area contributed by atoms with Gasteiger partial charge in [-0.2, -0.15) is 0 Å². The number of nitrogens with zero attached hydrogens (tertiary/aromatic N) is 3. The number of benzene rings is 7.